The number of hydrogen-bond donors (Lipinski definition) is 2. The number of aromatic nitrogens is 2. The van der Waals surface area contributed by atoms with Gasteiger partial charge >= 0.3 is 51.4 Å². The Morgan fingerprint density at radius 2 is 1.27 bits per heavy atom. The largest absolute Gasteiger partial charge is 1.00 e. The summed E-state index contributed by atoms with van der Waals surface area (Å²) in [6, 6.07) is 15.9. The number of aliphatic hydroxyl groups excluding tert-OH is 1. The molecule has 0 bridgehead atoms. The van der Waals surface area contributed by atoms with E-state index < -0.39 is 0 Å². The number of carbonyl (C=O) groups is 2. The summed E-state index contributed by atoms with van der Waals surface area (Å²) in [7, 11) is 1.00. The molecule has 0 aliphatic carbocycles. The fourth-order valence-corrected chi connectivity index (χ4v) is 4.66. The van der Waals surface area contributed by atoms with Crippen LogP contribution in [0.4, 0.5) is 0 Å². The van der Waals surface area contributed by atoms with E-state index in [1.54, 1.807) is 12.4 Å². The van der Waals surface area contributed by atoms with Gasteiger partial charge in [0.25, 0.3) is 0 Å². The molecule has 0 amide bonds. The third-order valence-electron chi connectivity index (χ3n) is 6.71. The number of Topliss-reactive ketones (excluding diaryl/α,β-unsaturated/α-hetero) is 2. The van der Waals surface area contributed by atoms with Crippen LogP contribution in [0.3, 0.4) is 0 Å². The molecule has 0 atom stereocenters. The van der Waals surface area contributed by atoms with Gasteiger partial charge < -0.3 is 43.9 Å². The summed E-state index contributed by atoms with van der Waals surface area (Å²) in [4.78, 5) is 33.6. The van der Waals surface area contributed by atoms with Crippen molar-refractivity contribution >= 4 is 44.7 Å². The van der Waals surface area contributed by atoms with Gasteiger partial charge in [0.2, 0.25) is 0 Å². The van der Waals surface area contributed by atoms with Crippen LogP contribution >= 0.6 is 11.6 Å². The Morgan fingerprint density at radius 1 is 0.778 bits per heavy atom. The van der Waals surface area contributed by atoms with Crippen molar-refractivity contribution in [2.45, 2.75) is 12.8 Å². The molecule has 0 radical (unpaired) electrons. The second-order valence-electron chi connectivity index (χ2n) is 9.93. The van der Waals surface area contributed by atoms with Crippen LogP contribution in [0.1, 0.15) is 11.1 Å². The molecule has 2 aliphatic heterocycles. The first-order chi connectivity index (χ1) is 21.1. The summed E-state index contributed by atoms with van der Waals surface area (Å²) in [5, 5.41) is 14.6. The molecular weight excluding hydrogens is 734 g/mol. The first-order valence-corrected chi connectivity index (χ1v) is 14.9. The van der Waals surface area contributed by atoms with Gasteiger partial charge in [-0.25, -0.2) is 0 Å². The van der Waals surface area contributed by atoms with Crippen LogP contribution in [0.25, 0.3) is 21.5 Å². The van der Waals surface area contributed by atoms with Gasteiger partial charge in [-0.05, 0) is 34.0 Å². The molecule has 12 heteroatoms. The standard InChI is InChI=1S/C16H18N2O2.C12H10ClNO.C4H9NO.CH4O.HI.K/c19-16(12-18-5-7-20-8-6-18)10-13-1-2-15-11-17-4-3-14(15)9-13;13-7-12(15)6-9-1-2-11-8-14-4-3-10(11)5-9;1-3-6-4-2-5-1;1-2;;/h1-4,9,11H,5-8,10,12H2;1-5,8H,6-7H2;5H,1-4H2;2H,1H3;1H;/q;;;;;+1/p-1. The molecule has 6 rings (SSSR count). The number of pyridine rings is 2. The molecule has 2 saturated heterocycles. The number of alkyl halides is 1. The molecule has 4 heterocycles. The molecule has 0 spiro atoms. The smallest absolute Gasteiger partial charge is 1.00 e. The van der Waals surface area contributed by atoms with Crippen LogP contribution in [-0.2, 0) is 31.9 Å². The monoisotopic (exact) mass is 774 g/mol. The number of halogens is 2. The summed E-state index contributed by atoms with van der Waals surface area (Å²) in [6.45, 7) is 7.54. The number of nitrogens with one attached hydrogen (secondary N) is 1. The van der Waals surface area contributed by atoms with Gasteiger partial charge in [0.1, 0.15) is 0 Å². The molecule has 4 aromatic rings. The molecule has 2 aromatic carbocycles. The third kappa shape index (κ3) is 16.1. The minimum atomic E-state index is 0. The van der Waals surface area contributed by atoms with Gasteiger partial charge in [0, 0.05) is 81.7 Å². The molecule has 2 fully saturated rings. The number of hydrogen-bond acceptors (Lipinski definition) is 9. The van der Waals surface area contributed by atoms with E-state index in [1.807, 2.05) is 54.9 Å². The Labute approximate surface area is 330 Å². The number of benzene rings is 2. The summed E-state index contributed by atoms with van der Waals surface area (Å²) in [6.07, 6.45) is 8.08. The quantitative estimate of drug-likeness (QED) is 0.120. The van der Waals surface area contributed by atoms with E-state index in [0.29, 0.717) is 19.4 Å². The predicted octanol–water partition coefficient (Wildman–Crippen LogP) is -2.51. The van der Waals surface area contributed by atoms with Crippen molar-refractivity contribution in [3.8, 4) is 0 Å². The van der Waals surface area contributed by atoms with Gasteiger partial charge in [-0.15, -0.1) is 11.6 Å². The van der Waals surface area contributed by atoms with E-state index >= 15 is 0 Å². The maximum atomic E-state index is 12.1. The SMILES string of the molecule is C1COCCN1.CO.O=C(CCl)Cc1ccc2cnccc2c1.O=C(Cc1ccc2cnccc2c1)CN1CCOCC1.[I-].[K+]. The van der Waals surface area contributed by atoms with Gasteiger partial charge in [-0.3, -0.25) is 24.5 Å². The molecule has 2 aliphatic rings. The topological polar surface area (TPSA) is 114 Å². The summed E-state index contributed by atoms with van der Waals surface area (Å²) >= 11 is 5.46. The first kappa shape index (κ1) is 42.1. The van der Waals surface area contributed by atoms with Crippen molar-refractivity contribution < 1.29 is 99.5 Å². The maximum Gasteiger partial charge on any atom is 1.00 e. The number of rotatable bonds is 7. The second kappa shape index (κ2) is 25.1. The van der Waals surface area contributed by atoms with Crippen molar-refractivity contribution in [1.29, 1.82) is 0 Å². The number of carbonyl (C=O) groups excluding carboxylic acids is 2. The number of nitrogens with zero attached hydrogens (tertiary/aromatic N) is 3. The van der Waals surface area contributed by atoms with Gasteiger partial charge in [-0.1, -0.05) is 36.4 Å². The fourth-order valence-electron chi connectivity index (χ4n) is 4.57. The van der Waals surface area contributed by atoms with Crippen LogP contribution in [0.2, 0.25) is 0 Å². The molecule has 0 unspecified atom stereocenters. The van der Waals surface area contributed by atoms with Crippen LogP contribution < -0.4 is 80.7 Å². The number of aliphatic hydroxyl groups is 1. The van der Waals surface area contributed by atoms with E-state index in [2.05, 4.69) is 26.3 Å². The molecule has 2 aromatic heterocycles. The van der Waals surface area contributed by atoms with E-state index in [0.717, 1.165) is 92.4 Å². The van der Waals surface area contributed by atoms with Crippen molar-refractivity contribution in [1.82, 2.24) is 20.2 Å². The van der Waals surface area contributed by atoms with Gasteiger partial charge in [0.15, 0.2) is 11.6 Å². The number of ketones is 2. The predicted molar refractivity (Wildman–Crippen MR) is 171 cm³/mol. The molecule has 0 saturated carbocycles. The normalized spacial score (nSPS) is 14.1. The number of ether oxygens (including phenoxy) is 2. The zero-order valence-electron chi connectivity index (χ0n) is 26.1. The Balaban J connectivity index is 0.000000358. The minimum Gasteiger partial charge on any atom is -1.00 e. The summed E-state index contributed by atoms with van der Waals surface area (Å²) in [5.74, 6) is 0.388. The van der Waals surface area contributed by atoms with Gasteiger partial charge in [0.05, 0.1) is 38.9 Å². The zero-order chi connectivity index (χ0) is 30.7. The molecule has 45 heavy (non-hydrogen) atoms. The molecule has 9 nitrogen and oxygen atoms in total. The fraction of sp³-hybridized carbons (Fsp3) is 0.394. The van der Waals surface area contributed by atoms with Crippen molar-refractivity contribution in [2.75, 3.05) is 72.1 Å². The number of morpholine rings is 2. The summed E-state index contributed by atoms with van der Waals surface area (Å²) < 4.78 is 10.3. The van der Waals surface area contributed by atoms with E-state index in [9.17, 15) is 9.59 Å². The third-order valence-corrected chi connectivity index (χ3v) is 7.01. The second-order valence-corrected chi connectivity index (χ2v) is 10.2. The summed E-state index contributed by atoms with van der Waals surface area (Å²) in [5.41, 5.74) is 2.07. The van der Waals surface area contributed by atoms with Crippen LogP contribution in [0.5, 0.6) is 0 Å². The zero-order valence-corrected chi connectivity index (χ0v) is 32.1. The van der Waals surface area contributed by atoms with Crippen LogP contribution in [0.15, 0.2) is 73.3 Å². The van der Waals surface area contributed by atoms with E-state index in [1.165, 1.54) is 0 Å². The van der Waals surface area contributed by atoms with Gasteiger partial charge in [-0.2, -0.15) is 0 Å². The van der Waals surface area contributed by atoms with Crippen LogP contribution in [-0.4, -0.2) is 104 Å². The molecular formula is C33H41ClIKN4O5. The Hall–Kier alpha value is -0.944. The van der Waals surface area contributed by atoms with E-state index in [4.69, 9.17) is 26.2 Å². The molecule has 238 valence electrons. The van der Waals surface area contributed by atoms with Crippen molar-refractivity contribution in [2.24, 2.45) is 0 Å². The van der Waals surface area contributed by atoms with Crippen LogP contribution in [0, 0.1) is 0 Å². The Kier molecular flexibility index (Phi) is 23.5. The Morgan fingerprint density at radius 3 is 1.71 bits per heavy atom. The average molecular weight is 775 g/mol. The average Bonchev–Trinajstić information content (AvgIpc) is 3.07. The molecule has 2 N–H and O–H groups in total. The Bertz CT molecular complexity index is 1410. The minimum absolute atomic E-state index is 0. The maximum absolute atomic E-state index is 12.1. The van der Waals surface area contributed by atoms with Crippen molar-refractivity contribution in [3.05, 3.63) is 84.4 Å². The van der Waals surface area contributed by atoms with Crippen molar-refractivity contribution in [3.63, 3.8) is 0 Å². The first-order valence-electron chi connectivity index (χ1n) is 14.4. The number of fused-ring (bicyclic) bond motifs is 2. The van der Waals surface area contributed by atoms with E-state index in [-0.39, 0.29) is 92.8 Å².